The van der Waals surface area contributed by atoms with Crippen LogP contribution in [-0.2, 0) is 10.0 Å². The van der Waals surface area contributed by atoms with Crippen molar-refractivity contribution in [2.45, 2.75) is 17.2 Å². The van der Waals surface area contributed by atoms with E-state index in [2.05, 4.69) is 27.9 Å². The molecule has 7 heteroatoms. The van der Waals surface area contributed by atoms with Crippen LogP contribution in [0.25, 0.3) is 10.9 Å². The van der Waals surface area contributed by atoms with E-state index in [1.165, 1.54) is 3.97 Å². The van der Waals surface area contributed by atoms with Crippen molar-refractivity contribution < 1.29 is 13.2 Å². The van der Waals surface area contributed by atoms with Gasteiger partial charge in [-0.1, -0.05) is 18.2 Å². The summed E-state index contributed by atoms with van der Waals surface area (Å²) in [5.74, 6) is 0.989. The number of ether oxygens (including phenoxy) is 1. The highest BCUT2D eigenvalue weighted by Gasteiger charge is 2.30. The van der Waals surface area contributed by atoms with Gasteiger partial charge in [0.05, 0.1) is 12.6 Å². The predicted octanol–water partition coefficient (Wildman–Crippen LogP) is 4.07. The fourth-order valence-corrected chi connectivity index (χ4v) is 6.22. The molecule has 3 aromatic rings. The molecule has 1 aliphatic rings. The average molecular weight is 449 g/mol. The molecule has 0 N–H and O–H groups in total. The van der Waals surface area contributed by atoms with Gasteiger partial charge in [-0.05, 0) is 65.8 Å². The minimum absolute atomic E-state index is 0.250. The highest BCUT2D eigenvalue weighted by molar-refractivity contribution is 9.10. The summed E-state index contributed by atoms with van der Waals surface area (Å²) in [6.45, 7) is 1.91. The molecule has 0 spiro atoms. The molecule has 2 aromatic carbocycles. The quantitative estimate of drug-likeness (QED) is 0.603. The number of hydrogen-bond acceptors (Lipinski definition) is 4. The van der Waals surface area contributed by atoms with Gasteiger partial charge in [-0.2, -0.15) is 0 Å². The molecule has 4 rings (SSSR count). The van der Waals surface area contributed by atoms with Crippen LogP contribution >= 0.6 is 15.9 Å². The summed E-state index contributed by atoms with van der Waals surface area (Å²) in [5.41, 5.74) is 1.68. The van der Waals surface area contributed by atoms with Crippen LogP contribution in [0.5, 0.6) is 5.75 Å². The summed E-state index contributed by atoms with van der Waals surface area (Å²) in [7, 11) is -0.0274. The van der Waals surface area contributed by atoms with Gasteiger partial charge in [-0.3, -0.25) is 0 Å². The average Bonchev–Trinajstić information content (AvgIpc) is 3.25. The number of aromatic nitrogens is 1. The van der Waals surface area contributed by atoms with Crippen LogP contribution in [0.2, 0.25) is 0 Å². The van der Waals surface area contributed by atoms with Gasteiger partial charge in [0, 0.05) is 28.5 Å². The minimum atomic E-state index is -3.74. The molecular formula is C20H21BrN2O3S. The van der Waals surface area contributed by atoms with Gasteiger partial charge in [0.1, 0.15) is 10.6 Å². The monoisotopic (exact) mass is 448 g/mol. The number of benzene rings is 2. The van der Waals surface area contributed by atoms with E-state index in [0.717, 1.165) is 30.5 Å². The molecule has 1 atom stereocenters. The molecule has 5 nitrogen and oxygen atoms in total. The predicted molar refractivity (Wildman–Crippen MR) is 110 cm³/mol. The maximum atomic E-state index is 13.4. The highest BCUT2D eigenvalue weighted by atomic mass is 79.9. The molecule has 1 aromatic heterocycles. The molecule has 0 saturated carbocycles. The van der Waals surface area contributed by atoms with E-state index in [1.54, 1.807) is 37.6 Å². The van der Waals surface area contributed by atoms with Crippen LogP contribution in [0.4, 0.5) is 0 Å². The van der Waals surface area contributed by atoms with E-state index < -0.39 is 10.0 Å². The molecule has 0 aliphatic carbocycles. The molecule has 2 heterocycles. The molecule has 1 saturated heterocycles. The molecule has 1 unspecified atom stereocenters. The Hall–Kier alpha value is -1.83. The molecule has 0 radical (unpaired) electrons. The summed E-state index contributed by atoms with van der Waals surface area (Å²) in [6.07, 6.45) is 2.79. The van der Waals surface area contributed by atoms with Crippen LogP contribution in [-0.4, -0.2) is 44.5 Å². The van der Waals surface area contributed by atoms with Crippen molar-refractivity contribution >= 4 is 36.9 Å². The smallest absolute Gasteiger partial charge is 0.269 e. The number of hydrogen-bond donors (Lipinski definition) is 0. The summed E-state index contributed by atoms with van der Waals surface area (Å²) < 4.78 is 34.4. The maximum Gasteiger partial charge on any atom is 0.269 e. The van der Waals surface area contributed by atoms with Gasteiger partial charge in [0.15, 0.2) is 0 Å². The van der Waals surface area contributed by atoms with Gasteiger partial charge in [-0.25, -0.2) is 12.4 Å². The van der Waals surface area contributed by atoms with Crippen LogP contribution < -0.4 is 4.74 Å². The van der Waals surface area contributed by atoms with Crippen molar-refractivity contribution in [3.8, 4) is 5.75 Å². The number of rotatable bonds is 4. The Kier molecular flexibility index (Phi) is 4.78. The third-order valence-corrected chi connectivity index (χ3v) is 7.90. The van der Waals surface area contributed by atoms with E-state index in [9.17, 15) is 8.42 Å². The normalized spacial score (nSPS) is 18.3. The first-order chi connectivity index (χ1) is 12.9. The minimum Gasteiger partial charge on any atom is -0.496 e. The molecule has 1 aliphatic heterocycles. The van der Waals surface area contributed by atoms with Crippen molar-refractivity contribution in [2.24, 2.45) is 0 Å². The van der Waals surface area contributed by atoms with Gasteiger partial charge >= 0.3 is 0 Å². The molecule has 1 fully saturated rings. The SMILES string of the molecule is COc1cccc2c1c(C1CCN(C)C1)cn2S(=O)(=O)c1ccccc1Br. The number of methoxy groups -OCH3 is 1. The number of nitrogens with zero attached hydrogens (tertiary/aromatic N) is 2. The maximum absolute atomic E-state index is 13.4. The Bertz CT molecular complexity index is 1110. The second-order valence-electron chi connectivity index (χ2n) is 6.92. The molecule has 0 bridgehead atoms. The van der Waals surface area contributed by atoms with Crippen LogP contribution in [0, 0.1) is 0 Å². The van der Waals surface area contributed by atoms with Gasteiger partial charge in [-0.15, -0.1) is 0 Å². The molecule has 27 heavy (non-hydrogen) atoms. The zero-order valence-electron chi connectivity index (χ0n) is 15.2. The first-order valence-corrected chi connectivity index (χ1v) is 11.0. The lowest BCUT2D eigenvalue weighted by Crippen LogP contribution is -2.14. The van der Waals surface area contributed by atoms with Crippen LogP contribution in [0.3, 0.4) is 0 Å². The van der Waals surface area contributed by atoms with Crippen LogP contribution in [0.1, 0.15) is 17.9 Å². The van der Waals surface area contributed by atoms with Crippen molar-refractivity contribution in [3.63, 3.8) is 0 Å². The van der Waals surface area contributed by atoms with Crippen molar-refractivity contribution in [3.05, 3.63) is 58.7 Å². The summed E-state index contributed by atoms with van der Waals surface area (Å²) >= 11 is 3.38. The highest BCUT2D eigenvalue weighted by Crippen LogP contribution is 2.40. The van der Waals surface area contributed by atoms with E-state index in [-0.39, 0.29) is 10.8 Å². The summed E-state index contributed by atoms with van der Waals surface area (Å²) in [4.78, 5) is 2.52. The van der Waals surface area contributed by atoms with Gasteiger partial charge < -0.3 is 9.64 Å². The lowest BCUT2D eigenvalue weighted by Gasteiger charge is -2.11. The fourth-order valence-electron chi connectivity index (χ4n) is 3.88. The van der Waals surface area contributed by atoms with Crippen LogP contribution in [0.15, 0.2) is 58.0 Å². The Balaban J connectivity index is 1.98. The van der Waals surface area contributed by atoms with E-state index in [1.807, 2.05) is 18.2 Å². The third-order valence-electron chi connectivity index (χ3n) is 5.21. The van der Waals surface area contributed by atoms with E-state index in [4.69, 9.17) is 4.74 Å². The zero-order valence-corrected chi connectivity index (χ0v) is 17.6. The van der Waals surface area contributed by atoms with Gasteiger partial charge in [0.25, 0.3) is 10.0 Å². The molecule has 0 amide bonds. The zero-order chi connectivity index (χ0) is 19.2. The van der Waals surface area contributed by atoms with E-state index >= 15 is 0 Å². The van der Waals surface area contributed by atoms with Crippen molar-refractivity contribution in [1.29, 1.82) is 0 Å². The standard InChI is InChI=1S/C20H21BrN2O3S/c1-22-11-10-14(12-22)15-13-23(17-7-5-8-18(26-2)20(15)17)27(24,25)19-9-4-3-6-16(19)21/h3-9,13-14H,10-12H2,1-2H3. The summed E-state index contributed by atoms with van der Waals surface area (Å²) in [5, 5.41) is 0.885. The topological polar surface area (TPSA) is 51.5 Å². The largest absolute Gasteiger partial charge is 0.496 e. The Morgan fingerprint density at radius 2 is 1.93 bits per heavy atom. The first-order valence-electron chi connectivity index (χ1n) is 8.80. The molecular weight excluding hydrogens is 428 g/mol. The number of likely N-dealkylation sites (N-methyl/N-ethyl adjacent to an activating group) is 1. The first kappa shape index (κ1) is 18.5. The van der Waals surface area contributed by atoms with Crippen molar-refractivity contribution in [2.75, 3.05) is 27.2 Å². The molecule has 142 valence electrons. The fraction of sp³-hybridized carbons (Fsp3) is 0.300. The number of likely N-dealkylation sites (tertiary alicyclic amines) is 1. The Labute approximate surface area is 167 Å². The lowest BCUT2D eigenvalue weighted by atomic mass is 9.97. The Morgan fingerprint density at radius 1 is 1.15 bits per heavy atom. The van der Waals surface area contributed by atoms with Gasteiger partial charge in [0.2, 0.25) is 0 Å². The van der Waals surface area contributed by atoms with Crippen molar-refractivity contribution in [1.82, 2.24) is 8.87 Å². The second-order valence-corrected chi connectivity index (χ2v) is 9.56. The number of halogens is 1. The lowest BCUT2D eigenvalue weighted by molar-refractivity contribution is 0.410. The second kappa shape index (κ2) is 6.96. The third kappa shape index (κ3) is 3.07. The summed E-state index contributed by atoms with van der Waals surface area (Å²) in [6, 6.07) is 12.5. The van der Waals surface area contributed by atoms with E-state index in [0.29, 0.717) is 15.7 Å². The Morgan fingerprint density at radius 3 is 2.59 bits per heavy atom. The number of fused-ring (bicyclic) bond motifs is 1.